The van der Waals surface area contributed by atoms with E-state index in [4.69, 9.17) is 0 Å². The van der Waals surface area contributed by atoms with Crippen LogP contribution in [0.1, 0.15) is 364 Å². The number of unbranched alkanes of at least 4 members (excludes halogenated alkanes) is 40. The van der Waals surface area contributed by atoms with Crippen LogP contribution in [0.5, 0.6) is 0 Å². The average Bonchev–Trinajstić information content (AvgIpc) is 0.829. The fourth-order valence-electron chi connectivity index (χ4n) is 10.3. The molecule has 8 atom stereocenters. The summed E-state index contributed by atoms with van der Waals surface area (Å²) in [4.78, 5) is 122. The molecule has 0 radical (unpaired) electrons. The number of phosphoric acid groups is 8. The van der Waals surface area contributed by atoms with Crippen molar-refractivity contribution in [1.82, 2.24) is 0 Å². The summed E-state index contributed by atoms with van der Waals surface area (Å²) in [7, 11) is -41.2. The molecule has 0 aromatic rings. The van der Waals surface area contributed by atoms with Gasteiger partial charge in [0.2, 0.25) is 0 Å². The molecule has 0 saturated heterocycles. The molecule has 0 aromatic carbocycles. The molecule has 0 aliphatic rings. The van der Waals surface area contributed by atoms with Crippen molar-refractivity contribution in [3.05, 3.63) is 0 Å². The Morgan fingerprint density at radius 1 is 0.192 bits per heavy atom. The van der Waals surface area contributed by atoms with Gasteiger partial charge in [-0.25, -0.2) is 72.7 Å². The number of phosphoric ester groups is 8. The molecule has 53 heteroatoms. The molecule has 0 spiro atoms. The quantitative estimate of drug-likeness (QED) is 0.0116. The van der Waals surface area contributed by atoms with Gasteiger partial charge in [0.15, 0.2) is 0 Å². The van der Waals surface area contributed by atoms with Crippen LogP contribution in [0, 0.1) is 0 Å². The van der Waals surface area contributed by atoms with Crippen LogP contribution in [0.3, 0.4) is 0 Å². The predicted octanol–water partition coefficient (Wildman–Crippen LogP) is 13.5. The van der Waals surface area contributed by atoms with Crippen molar-refractivity contribution in [2.45, 2.75) is 387 Å². The SMILES string of the molecule is CCCCCCCCOP(=O)(O)OC(O)(OP(=O)(O)OCCCCCCCC)C(=O)[O-].CCCCCCCCOP(=O)(O)OC(O)(OP(=O)(O)OCCCCCCCC)C(=O)[O-].CCCCCCCCOP(=O)(O)OC(O)(OP(=O)(O)OCCCCCCCC)C(=O)[O-].CCCCCCCCOP(=O)(O)OC(O)(OP(=O)(O)OCCCCCCCC)C(=O)[O-].[Ti+4]. The van der Waals surface area contributed by atoms with E-state index in [0.717, 1.165) is 205 Å². The summed E-state index contributed by atoms with van der Waals surface area (Å²) in [6, 6.07) is 0. The van der Waals surface area contributed by atoms with E-state index in [2.05, 4.69) is 128 Å². The molecular formula is C72H148O44P8Ti. The summed E-state index contributed by atoms with van der Waals surface area (Å²) in [5.41, 5.74) is 0. The van der Waals surface area contributed by atoms with E-state index < -0.39 is 110 Å². The Hall–Kier alpha value is -0.686. The third kappa shape index (κ3) is 79.3. The zero-order valence-corrected chi connectivity index (χ0v) is 82.8. The second kappa shape index (κ2) is 76.5. The molecule has 0 saturated carbocycles. The first-order chi connectivity index (χ1) is 57.9. The molecule has 0 aliphatic carbocycles. The number of carbonyl (C=O) groups excluding carboxylic acids is 4. The van der Waals surface area contributed by atoms with Gasteiger partial charge in [0.25, 0.3) is 0 Å². The van der Waals surface area contributed by atoms with Gasteiger partial charge in [-0.05, 0) is 51.4 Å². The largest absolute Gasteiger partial charge is 4.00 e. The van der Waals surface area contributed by atoms with Gasteiger partial charge >= 0.3 is 108 Å². The Morgan fingerprint density at radius 3 is 0.352 bits per heavy atom. The van der Waals surface area contributed by atoms with Gasteiger partial charge < -0.3 is 99.2 Å². The van der Waals surface area contributed by atoms with Gasteiger partial charge in [-0.2, -0.15) is 0 Å². The predicted molar refractivity (Wildman–Crippen MR) is 442 cm³/mol. The Labute approximate surface area is 752 Å². The maximum absolute atomic E-state index is 11.9. The van der Waals surface area contributed by atoms with E-state index >= 15 is 0 Å². The topological polar surface area (TPSA) is 688 Å². The Balaban J connectivity index is -0.000000511. The van der Waals surface area contributed by atoms with Gasteiger partial charge in [-0.3, -0.25) is 36.2 Å². The van der Waals surface area contributed by atoms with E-state index in [1.807, 2.05) is 0 Å². The molecule has 0 fully saturated rings. The number of aliphatic carboxylic acids is 4. The molecule has 0 amide bonds. The molecule has 0 heterocycles. The van der Waals surface area contributed by atoms with Crippen molar-refractivity contribution in [2.24, 2.45) is 0 Å². The first kappa shape index (κ1) is 133. The molecule has 0 bridgehead atoms. The number of hydrogen-bond acceptors (Lipinski definition) is 36. The van der Waals surface area contributed by atoms with Crippen molar-refractivity contribution < 1.29 is 230 Å². The van der Waals surface area contributed by atoms with Crippen molar-refractivity contribution in [3.63, 3.8) is 0 Å². The smallest absolute Gasteiger partial charge is 0.542 e. The number of hydrogen-bond donors (Lipinski definition) is 12. The van der Waals surface area contributed by atoms with Crippen LogP contribution >= 0.6 is 62.6 Å². The zero-order chi connectivity index (χ0) is 95.2. The van der Waals surface area contributed by atoms with Gasteiger partial charge in [-0.1, -0.05) is 312 Å². The summed E-state index contributed by atoms with van der Waals surface area (Å²) in [5.74, 6) is -26.3. The summed E-state index contributed by atoms with van der Waals surface area (Å²) in [6.07, 6.45) is 41.1. The first-order valence-corrected chi connectivity index (χ1v) is 55.1. The van der Waals surface area contributed by atoms with Crippen LogP contribution in [0.2, 0.25) is 0 Å². The van der Waals surface area contributed by atoms with Crippen molar-refractivity contribution >= 4 is 86.5 Å². The van der Waals surface area contributed by atoms with Crippen LogP contribution in [0.15, 0.2) is 0 Å². The molecule has 8 unspecified atom stereocenters. The molecule has 0 rings (SSSR count). The van der Waals surface area contributed by atoms with Crippen molar-refractivity contribution in [2.75, 3.05) is 52.9 Å². The minimum absolute atomic E-state index is 0. The molecule has 125 heavy (non-hydrogen) atoms. The Kier molecular flexibility index (Phi) is 81.2. The number of carboxylic acids is 4. The fourth-order valence-corrected chi connectivity index (χ4v) is 17.3. The average molecular weight is 2010 g/mol. The van der Waals surface area contributed by atoms with Gasteiger partial charge in [-0.15, -0.1) is 0 Å². The van der Waals surface area contributed by atoms with E-state index in [1.54, 1.807) is 0 Å². The second-order valence-electron chi connectivity index (χ2n) is 28.8. The van der Waals surface area contributed by atoms with Crippen LogP contribution < -0.4 is 20.4 Å². The number of rotatable bonds is 84. The summed E-state index contributed by atoms with van der Waals surface area (Å²) < 4.78 is 165. The maximum atomic E-state index is 11.9. The normalized spacial score (nSPS) is 17.4. The Bertz CT molecular complexity index is 2590. The minimum Gasteiger partial charge on any atom is -0.542 e. The number of aliphatic hydroxyl groups is 4. The molecule has 44 nitrogen and oxygen atoms in total. The van der Waals surface area contributed by atoms with Crippen molar-refractivity contribution in [1.29, 1.82) is 0 Å². The van der Waals surface area contributed by atoms with E-state index in [0.29, 0.717) is 103 Å². The van der Waals surface area contributed by atoms with Crippen LogP contribution in [-0.4, -0.2) is 160 Å². The fraction of sp³-hybridized carbons (Fsp3) is 0.944. The minimum atomic E-state index is -5.15. The Morgan fingerprint density at radius 2 is 0.272 bits per heavy atom. The monoisotopic (exact) mass is 2010 g/mol. The van der Waals surface area contributed by atoms with E-state index in [9.17, 15) is 136 Å². The van der Waals surface area contributed by atoms with Crippen LogP contribution in [0.25, 0.3) is 0 Å². The first-order valence-electron chi connectivity index (χ1n) is 43.1. The standard InChI is InChI=1S/4C18H38O11P2.Ti/c4*1-3-5-7-9-11-13-15-26-30(22,23)28-18(21,17(19)20)29-31(24,25)27-16-14-12-10-8-6-4-2;/h4*21H,3-16H2,1-2H3,(H,19,20)(H,22,23)(H,24,25);/q;;;;+4/p-4. The molecule has 744 valence electrons. The number of carboxylic acid groups (broad SMARTS) is 4. The molecule has 0 aromatic heterocycles. The summed E-state index contributed by atoms with van der Waals surface area (Å²) in [6.45, 7) is 14.5. The van der Waals surface area contributed by atoms with E-state index in [1.165, 1.54) is 0 Å². The molecule has 12 N–H and O–H groups in total. The molecular weight excluding hydrogens is 1860 g/mol. The van der Waals surface area contributed by atoms with E-state index in [-0.39, 0.29) is 74.6 Å². The van der Waals surface area contributed by atoms with Gasteiger partial charge in [0, 0.05) is 0 Å². The van der Waals surface area contributed by atoms with Crippen LogP contribution in [0.4, 0.5) is 0 Å². The summed E-state index contributed by atoms with van der Waals surface area (Å²) in [5, 5.41) is 83.9. The van der Waals surface area contributed by atoms with Gasteiger partial charge in [0.1, 0.15) is 23.9 Å². The third-order valence-corrected chi connectivity index (χ3v) is 24.9. The summed E-state index contributed by atoms with van der Waals surface area (Å²) >= 11 is 0. The van der Waals surface area contributed by atoms with Crippen LogP contribution in [-0.2, 0) is 150 Å². The third-order valence-electron chi connectivity index (χ3n) is 17.0. The van der Waals surface area contributed by atoms with Gasteiger partial charge in [0.05, 0.1) is 52.9 Å². The molecule has 0 aliphatic heterocycles. The zero-order valence-electron chi connectivity index (χ0n) is 74.1. The maximum Gasteiger partial charge on any atom is 4.00 e. The van der Waals surface area contributed by atoms with Crippen molar-refractivity contribution in [3.8, 4) is 0 Å². The second-order valence-corrected chi connectivity index (χ2v) is 39.8. The number of carbonyl (C=O) groups is 4.